The van der Waals surface area contributed by atoms with Crippen molar-refractivity contribution >= 4 is 29.0 Å². The summed E-state index contributed by atoms with van der Waals surface area (Å²) in [4.78, 5) is 29.4. The zero-order chi connectivity index (χ0) is 17.7. The lowest BCUT2D eigenvalue weighted by Crippen LogP contribution is -2.38. The van der Waals surface area contributed by atoms with E-state index in [-0.39, 0.29) is 18.0 Å². The molecule has 0 aliphatic heterocycles. The van der Waals surface area contributed by atoms with Gasteiger partial charge >= 0.3 is 6.03 Å². The molecule has 2 N–H and O–H groups in total. The normalized spacial score (nSPS) is 11.7. The highest BCUT2D eigenvalue weighted by atomic mass is 32.1. The Bertz CT molecular complexity index is 729. The van der Waals surface area contributed by atoms with Crippen molar-refractivity contribution in [1.29, 1.82) is 0 Å². The molecule has 1 heterocycles. The minimum Gasteiger partial charge on any atom is -0.331 e. The molecule has 3 amide bonds. The van der Waals surface area contributed by atoms with Crippen molar-refractivity contribution in [3.8, 4) is 0 Å². The van der Waals surface area contributed by atoms with Gasteiger partial charge in [0.1, 0.15) is 5.01 Å². The first-order chi connectivity index (χ1) is 11.3. The Morgan fingerprint density at radius 2 is 2.12 bits per heavy atom. The van der Waals surface area contributed by atoms with E-state index in [0.29, 0.717) is 12.2 Å². The minimum absolute atomic E-state index is 0.123. The van der Waals surface area contributed by atoms with Gasteiger partial charge in [0.15, 0.2) is 0 Å². The fourth-order valence-electron chi connectivity index (χ4n) is 2.22. The smallest absolute Gasteiger partial charge is 0.317 e. The molecule has 0 aliphatic carbocycles. The number of anilines is 1. The van der Waals surface area contributed by atoms with Crippen LogP contribution >= 0.6 is 11.3 Å². The van der Waals surface area contributed by atoms with Crippen LogP contribution in [-0.4, -0.2) is 28.9 Å². The van der Waals surface area contributed by atoms with Gasteiger partial charge in [-0.15, -0.1) is 11.3 Å². The number of aryl methyl sites for hydroxylation is 1. The molecule has 0 bridgehead atoms. The van der Waals surface area contributed by atoms with Gasteiger partial charge in [-0.2, -0.15) is 0 Å². The van der Waals surface area contributed by atoms with Crippen LogP contribution in [0, 0.1) is 6.92 Å². The number of nitrogens with zero attached hydrogens (tertiary/aromatic N) is 2. The van der Waals surface area contributed by atoms with E-state index >= 15 is 0 Å². The third-order valence-corrected chi connectivity index (χ3v) is 4.38. The number of hydrogen-bond donors (Lipinski definition) is 2. The molecule has 0 spiro atoms. The summed E-state index contributed by atoms with van der Waals surface area (Å²) in [5.74, 6) is -0.123. The van der Waals surface area contributed by atoms with Gasteiger partial charge in [0, 0.05) is 30.7 Å². The Morgan fingerprint density at radius 3 is 2.75 bits per heavy atom. The van der Waals surface area contributed by atoms with Crippen molar-refractivity contribution in [2.24, 2.45) is 0 Å². The number of amides is 3. The molecule has 0 saturated carbocycles. The predicted octanol–water partition coefficient (Wildman–Crippen LogP) is 3.31. The van der Waals surface area contributed by atoms with Crippen LogP contribution in [0.3, 0.4) is 0 Å². The SMILES string of the molecule is CC(=O)Nc1cccc([C@H](C)NC(=O)N(C)Cc2nc(C)cs2)c1. The average Bonchev–Trinajstić information content (AvgIpc) is 2.91. The standard InChI is InChI=1S/C17H22N4O2S/c1-11-10-24-16(18-11)9-21(4)17(23)19-12(2)14-6-5-7-15(8-14)20-13(3)22/h5-8,10,12H,9H2,1-4H3,(H,19,23)(H,20,22)/t12-/m0/s1. The highest BCUT2D eigenvalue weighted by molar-refractivity contribution is 7.09. The van der Waals surface area contributed by atoms with Crippen molar-refractivity contribution in [3.05, 3.63) is 45.9 Å². The maximum Gasteiger partial charge on any atom is 0.317 e. The van der Waals surface area contributed by atoms with E-state index in [9.17, 15) is 9.59 Å². The Kier molecular flexibility index (Phi) is 5.92. The Labute approximate surface area is 145 Å². The maximum atomic E-state index is 12.3. The molecule has 6 nitrogen and oxygen atoms in total. The molecule has 7 heteroatoms. The number of hydrogen-bond acceptors (Lipinski definition) is 4. The number of nitrogens with one attached hydrogen (secondary N) is 2. The average molecular weight is 346 g/mol. The summed E-state index contributed by atoms with van der Waals surface area (Å²) in [6, 6.07) is 7.10. The number of benzene rings is 1. The summed E-state index contributed by atoms with van der Waals surface area (Å²) in [7, 11) is 1.74. The summed E-state index contributed by atoms with van der Waals surface area (Å²) in [6.45, 7) is 5.78. The molecule has 0 unspecified atom stereocenters. The number of aromatic nitrogens is 1. The summed E-state index contributed by atoms with van der Waals surface area (Å²) >= 11 is 1.55. The van der Waals surface area contributed by atoms with Crippen LogP contribution in [0.25, 0.3) is 0 Å². The highest BCUT2D eigenvalue weighted by Crippen LogP contribution is 2.18. The van der Waals surface area contributed by atoms with Crippen molar-refractivity contribution in [3.63, 3.8) is 0 Å². The third kappa shape index (κ3) is 5.06. The van der Waals surface area contributed by atoms with E-state index < -0.39 is 0 Å². The lowest BCUT2D eigenvalue weighted by atomic mass is 10.1. The molecule has 0 saturated heterocycles. The molecular weight excluding hydrogens is 324 g/mol. The molecule has 2 aromatic rings. The van der Waals surface area contributed by atoms with Gasteiger partial charge in [-0.25, -0.2) is 9.78 Å². The number of thiazole rings is 1. The van der Waals surface area contributed by atoms with Crippen molar-refractivity contribution in [2.45, 2.75) is 33.4 Å². The molecule has 1 atom stereocenters. The van der Waals surface area contributed by atoms with E-state index in [4.69, 9.17) is 0 Å². The maximum absolute atomic E-state index is 12.3. The second-order valence-electron chi connectivity index (χ2n) is 5.72. The third-order valence-electron chi connectivity index (χ3n) is 3.43. The second-order valence-corrected chi connectivity index (χ2v) is 6.66. The summed E-state index contributed by atoms with van der Waals surface area (Å²) < 4.78 is 0. The van der Waals surface area contributed by atoms with Crippen LogP contribution in [-0.2, 0) is 11.3 Å². The number of carbonyl (C=O) groups excluding carboxylic acids is 2. The van der Waals surface area contributed by atoms with Crippen LogP contribution in [0.1, 0.15) is 36.2 Å². The van der Waals surface area contributed by atoms with E-state index in [0.717, 1.165) is 16.3 Å². The zero-order valence-corrected chi connectivity index (χ0v) is 15.1. The predicted molar refractivity (Wildman–Crippen MR) is 96.0 cm³/mol. The molecule has 24 heavy (non-hydrogen) atoms. The van der Waals surface area contributed by atoms with Gasteiger partial charge in [-0.3, -0.25) is 4.79 Å². The first kappa shape index (κ1) is 17.9. The number of rotatable bonds is 5. The van der Waals surface area contributed by atoms with Crippen LogP contribution in [0.15, 0.2) is 29.6 Å². The molecule has 1 aromatic heterocycles. The van der Waals surface area contributed by atoms with Gasteiger partial charge in [0.05, 0.1) is 12.6 Å². The van der Waals surface area contributed by atoms with Gasteiger partial charge in [0.2, 0.25) is 5.91 Å². The van der Waals surface area contributed by atoms with Gasteiger partial charge in [-0.1, -0.05) is 12.1 Å². The molecule has 2 rings (SSSR count). The Morgan fingerprint density at radius 1 is 1.38 bits per heavy atom. The molecule has 1 aromatic carbocycles. The fourth-order valence-corrected chi connectivity index (χ4v) is 3.04. The van der Waals surface area contributed by atoms with Crippen molar-refractivity contribution < 1.29 is 9.59 Å². The van der Waals surface area contributed by atoms with Gasteiger partial charge in [0.25, 0.3) is 0 Å². The minimum atomic E-state index is -0.174. The van der Waals surface area contributed by atoms with Crippen LogP contribution in [0.5, 0.6) is 0 Å². The molecule has 128 valence electrons. The number of carbonyl (C=O) groups is 2. The van der Waals surface area contributed by atoms with Crippen molar-refractivity contribution in [2.75, 3.05) is 12.4 Å². The zero-order valence-electron chi connectivity index (χ0n) is 14.3. The molecular formula is C17H22N4O2S. The van der Waals surface area contributed by atoms with Gasteiger partial charge in [-0.05, 0) is 31.5 Å². The molecule has 0 fully saturated rings. The number of urea groups is 1. The monoisotopic (exact) mass is 346 g/mol. The quantitative estimate of drug-likeness (QED) is 0.872. The largest absolute Gasteiger partial charge is 0.331 e. The van der Waals surface area contributed by atoms with E-state index in [1.54, 1.807) is 23.3 Å². The first-order valence-corrected chi connectivity index (χ1v) is 8.53. The highest BCUT2D eigenvalue weighted by Gasteiger charge is 2.15. The summed E-state index contributed by atoms with van der Waals surface area (Å²) in [6.07, 6.45) is 0. The van der Waals surface area contributed by atoms with Crippen LogP contribution < -0.4 is 10.6 Å². The van der Waals surface area contributed by atoms with E-state index in [1.165, 1.54) is 6.92 Å². The lowest BCUT2D eigenvalue weighted by molar-refractivity contribution is -0.114. The molecule has 0 radical (unpaired) electrons. The summed E-state index contributed by atoms with van der Waals surface area (Å²) in [5, 5.41) is 8.57. The van der Waals surface area contributed by atoms with E-state index in [1.807, 2.05) is 43.5 Å². The van der Waals surface area contributed by atoms with Gasteiger partial charge < -0.3 is 15.5 Å². The Hall–Kier alpha value is -2.41. The molecule has 0 aliphatic rings. The summed E-state index contributed by atoms with van der Waals surface area (Å²) in [5.41, 5.74) is 2.60. The van der Waals surface area contributed by atoms with Crippen LogP contribution in [0.4, 0.5) is 10.5 Å². The first-order valence-electron chi connectivity index (χ1n) is 7.65. The topological polar surface area (TPSA) is 74.3 Å². The lowest BCUT2D eigenvalue weighted by Gasteiger charge is -2.21. The van der Waals surface area contributed by atoms with E-state index in [2.05, 4.69) is 15.6 Å². The Balaban J connectivity index is 1.96. The fraction of sp³-hybridized carbons (Fsp3) is 0.353. The van der Waals surface area contributed by atoms with Crippen LogP contribution in [0.2, 0.25) is 0 Å². The second kappa shape index (κ2) is 7.92. The van der Waals surface area contributed by atoms with Crippen molar-refractivity contribution in [1.82, 2.24) is 15.2 Å².